The number of hydrogen-bond acceptors (Lipinski definition) is 6. The fraction of sp³-hybridized carbons (Fsp3) is 0.421. The summed E-state index contributed by atoms with van der Waals surface area (Å²) in [6.45, 7) is 6.25. The van der Waals surface area contributed by atoms with Crippen LogP contribution in [0.3, 0.4) is 0 Å². The van der Waals surface area contributed by atoms with Crippen molar-refractivity contribution in [2.24, 2.45) is 0 Å². The zero-order chi connectivity index (χ0) is 19.7. The molecule has 1 amide bonds. The molecule has 0 radical (unpaired) electrons. The number of rotatable bonds is 4. The zero-order valence-electron chi connectivity index (χ0n) is 15.7. The predicted octanol–water partition coefficient (Wildman–Crippen LogP) is 2.63. The smallest absolute Gasteiger partial charge is 0.274 e. The van der Waals surface area contributed by atoms with Gasteiger partial charge in [0.1, 0.15) is 5.69 Å². The minimum absolute atomic E-state index is 0.0613. The predicted molar refractivity (Wildman–Crippen MR) is 106 cm³/mol. The topological polar surface area (TPSA) is 101 Å². The summed E-state index contributed by atoms with van der Waals surface area (Å²) in [5.74, 6) is 0.144. The minimum atomic E-state index is -3.00. The van der Waals surface area contributed by atoms with Gasteiger partial charge in [0.25, 0.3) is 5.91 Å². The van der Waals surface area contributed by atoms with Crippen LogP contribution in [0, 0.1) is 0 Å². The average Bonchev–Trinajstić information content (AvgIpc) is 2.93. The summed E-state index contributed by atoms with van der Waals surface area (Å²) in [6.07, 6.45) is 2.00. The molecule has 0 bridgehead atoms. The third-order valence-electron chi connectivity index (χ3n) is 4.44. The number of para-hydroxylation sites is 1. The van der Waals surface area contributed by atoms with Gasteiger partial charge in [0.15, 0.2) is 9.84 Å². The van der Waals surface area contributed by atoms with E-state index in [2.05, 4.69) is 41.4 Å². The minimum Gasteiger partial charge on any atom is -0.350 e. The molecule has 8 heteroatoms. The SMILES string of the molecule is CC(C)(C)c1ccccc1NC(=O)c1ccnc(NC2CCS(=O)(=O)C2)n1. The highest BCUT2D eigenvalue weighted by atomic mass is 32.2. The number of carbonyl (C=O) groups is 1. The van der Waals surface area contributed by atoms with Crippen LogP contribution in [-0.4, -0.2) is 41.8 Å². The molecule has 2 aromatic rings. The number of nitrogens with one attached hydrogen (secondary N) is 2. The quantitative estimate of drug-likeness (QED) is 0.835. The summed E-state index contributed by atoms with van der Waals surface area (Å²) in [5, 5.41) is 5.92. The maximum Gasteiger partial charge on any atom is 0.274 e. The lowest BCUT2D eigenvalue weighted by molar-refractivity contribution is 0.102. The Bertz CT molecular complexity index is 951. The summed E-state index contributed by atoms with van der Waals surface area (Å²) in [5.41, 5.74) is 1.87. The van der Waals surface area contributed by atoms with Crippen molar-refractivity contribution in [2.75, 3.05) is 22.1 Å². The van der Waals surface area contributed by atoms with Crippen LogP contribution >= 0.6 is 0 Å². The maximum atomic E-state index is 12.7. The summed E-state index contributed by atoms with van der Waals surface area (Å²) in [7, 11) is -3.00. The molecule has 1 aromatic heterocycles. The van der Waals surface area contributed by atoms with Crippen LogP contribution in [0.1, 0.15) is 43.2 Å². The van der Waals surface area contributed by atoms with Crippen LogP contribution in [-0.2, 0) is 15.3 Å². The number of sulfone groups is 1. The zero-order valence-corrected chi connectivity index (χ0v) is 16.5. The molecule has 27 heavy (non-hydrogen) atoms. The first-order valence-electron chi connectivity index (χ1n) is 8.85. The van der Waals surface area contributed by atoms with Crippen molar-refractivity contribution in [1.29, 1.82) is 0 Å². The summed E-state index contributed by atoms with van der Waals surface area (Å²) < 4.78 is 23.2. The lowest BCUT2D eigenvalue weighted by atomic mass is 9.86. The van der Waals surface area contributed by atoms with Crippen molar-refractivity contribution in [3.05, 3.63) is 47.8 Å². The molecule has 2 N–H and O–H groups in total. The van der Waals surface area contributed by atoms with E-state index in [1.807, 2.05) is 24.3 Å². The Morgan fingerprint density at radius 1 is 1.19 bits per heavy atom. The molecule has 1 atom stereocenters. The van der Waals surface area contributed by atoms with Crippen molar-refractivity contribution in [1.82, 2.24) is 9.97 Å². The maximum absolute atomic E-state index is 12.7. The summed E-state index contributed by atoms with van der Waals surface area (Å²) >= 11 is 0. The fourth-order valence-corrected chi connectivity index (χ4v) is 4.75. The standard InChI is InChI=1S/C19H24N4O3S/c1-19(2,3)14-6-4-5-7-15(14)22-17(24)16-8-10-20-18(23-16)21-13-9-11-27(25,26)12-13/h4-8,10,13H,9,11-12H2,1-3H3,(H,22,24)(H,20,21,23). The molecule has 1 unspecified atom stereocenters. The molecular formula is C19H24N4O3S. The number of nitrogens with zero attached hydrogens (tertiary/aromatic N) is 2. The second kappa shape index (κ2) is 7.26. The van der Waals surface area contributed by atoms with Gasteiger partial charge in [-0.15, -0.1) is 0 Å². The van der Waals surface area contributed by atoms with E-state index in [1.165, 1.54) is 12.3 Å². The van der Waals surface area contributed by atoms with Crippen LogP contribution in [0.5, 0.6) is 0 Å². The number of anilines is 2. The van der Waals surface area contributed by atoms with Gasteiger partial charge in [0.05, 0.1) is 11.5 Å². The third-order valence-corrected chi connectivity index (χ3v) is 6.21. The van der Waals surface area contributed by atoms with E-state index < -0.39 is 9.84 Å². The van der Waals surface area contributed by atoms with Crippen molar-refractivity contribution >= 4 is 27.4 Å². The van der Waals surface area contributed by atoms with E-state index >= 15 is 0 Å². The molecule has 7 nitrogen and oxygen atoms in total. The Balaban J connectivity index is 1.75. The van der Waals surface area contributed by atoms with Crippen molar-refractivity contribution in [2.45, 2.75) is 38.6 Å². The lowest BCUT2D eigenvalue weighted by Gasteiger charge is -2.23. The number of aromatic nitrogens is 2. The normalized spacial score (nSPS) is 18.9. The molecule has 1 fully saturated rings. The Labute approximate surface area is 159 Å². The number of carbonyl (C=O) groups excluding carboxylic acids is 1. The summed E-state index contributed by atoms with van der Waals surface area (Å²) in [6, 6.07) is 8.98. The van der Waals surface area contributed by atoms with Crippen molar-refractivity contribution in [3.63, 3.8) is 0 Å². The van der Waals surface area contributed by atoms with Crippen molar-refractivity contribution in [3.8, 4) is 0 Å². The van der Waals surface area contributed by atoms with E-state index in [9.17, 15) is 13.2 Å². The number of hydrogen-bond donors (Lipinski definition) is 2. The van der Waals surface area contributed by atoms with Gasteiger partial charge in [0, 0.05) is 17.9 Å². The molecule has 2 heterocycles. The molecule has 0 aliphatic carbocycles. The average molecular weight is 388 g/mol. The Hall–Kier alpha value is -2.48. The highest BCUT2D eigenvalue weighted by molar-refractivity contribution is 7.91. The first-order valence-corrected chi connectivity index (χ1v) is 10.7. The highest BCUT2D eigenvalue weighted by Crippen LogP contribution is 2.29. The van der Waals surface area contributed by atoms with Gasteiger partial charge in [-0.1, -0.05) is 39.0 Å². The lowest BCUT2D eigenvalue weighted by Crippen LogP contribution is -2.23. The van der Waals surface area contributed by atoms with Crippen LogP contribution in [0.25, 0.3) is 0 Å². The van der Waals surface area contributed by atoms with Gasteiger partial charge in [-0.2, -0.15) is 0 Å². The van der Waals surface area contributed by atoms with Gasteiger partial charge in [-0.25, -0.2) is 18.4 Å². The van der Waals surface area contributed by atoms with Crippen LogP contribution in [0.4, 0.5) is 11.6 Å². The largest absolute Gasteiger partial charge is 0.350 e. The van der Waals surface area contributed by atoms with Crippen molar-refractivity contribution < 1.29 is 13.2 Å². The van der Waals surface area contributed by atoms with Crippen LogP contribution in [0.2, 0.25) is 0 Å². The van der Waals surface area contributed by atoms with Gasteiger partial charge in [-0.3, -0.25) is 4.79 Å². The van der Waals surface area contributed by atoms with Gasteiger partial charge < -0.3 is 10.6 Å². The first-order chi connectivity index (χ1) is 12.6. The molecule has 1 aliphatic heterocycles. The molecule has 0 spiro atoms. The van der Waals surface area contributed by atoms with E-state index in [0.29, 0.717) is 6.42 Å². The Morgan fingerprint density at radius 3 is 2.59 bits per heavy atom. The molecule has 3 rings (SSSR count). The molecule has 1 aliphatic rings. The molecule has 144 valence electrons. The first kappa shape index (κ1) is 19.3. The third kappa shape index (κ3) is 4.82. The second-order valence-corrected chi connectivity index (χ2v) is 9.99. The Kier molecular flexibility index (Phi) is 5.19. The van der Waals surface area contributed by atoms with Gasteiger partial charge in [-0.05, 0) is 29.5 Å². The number of benzene rings is 1. The second-order valence-electron chi connectivity index (χ2n) is 7.76. The molecule has 1 aromatic carbocycles. The fourth-order valence-electron chi connectivity index (χ4n) is 3.08. The van der Waals surface area contributed by atoms with Crippen LogP contribution in [0.15, 0.2) is 36.5 Å². The summed E-state index contributed by atoms with van der Waals surface area (Å²) in [4.78, 5) is 21.0. The molecule has 1 saturated heterocycles. The Morgan fingerprint density at radius 2 is 1.93 bits per heavy atom. The monoisotopic (exact) mass is 388 g/mol. The molecular weight excluding hydrogens is 364 g/mol. The number of amides is 1. The van der Waals surface area contributed by atoms with Crippen LogP contribution < -0.4 is 10.6 Å². The van der Waals surface area contributed by atoms with E-state index in [4.69, 9.17) is 0 Å². The highest BCUT2D eigenvalue weighted by Gasteiger charge is 2.28. The van der Waals surface area contributed by atoms with E-state index in [1.54, 1.807) is 0 Å². The molecule has 0 saturated carbocycles. The van der Waals surface area contributed by atoms with E-state index in [0.717, 1.165) is 11.3 Å². The van der Waals surface area contributed by atoms with Gasteiger partial charge >= 0.3 is 0 Å². The van der Waals surface area contributed by atoms with Gasteiger partial charge in [0.2, 0.25) is 5.95 Å². The van der Waals surface area contributed by atoms with E-state index in [-0.39, 0.29) is 40.5 Å².